The molecule has 2 fully saturated rings. The first-order chi connectivity index (χ1) is 8.24. The maximum Gasteiger partial charge on any atom is 0.317 e. The number of nitrogen functional groups attached to an aromatic ring is 1. The summed E-state index contributed by atoms with van der Waals surface area (Å²) in [6.07, 6.45) is 1.72. The average molecular weight is 233 g/mol. The summed E-state index contributed by atoms with van der Waals surface area (Å²) in [6, 6.07) is 3.95. The predicted octanol–water partition coefficient (Wildman–Crippen LogP) is -0.122. The average Bonchev–Trinajstić information content (AvgIpc) is 2.71. The van der Waals surface area contributed by atoms with Gasteiger partial charge < -0.3 is 20.9 Å². The number of anilines is 2. The molecule has 0 bridgehead atoms. The number of nitrogens with one attached hydrogen (secondary N) is 1. The van der Waals surface area contributed by atoms with Gasteiger partial charge in [0.15, 0.2) is 0 Å². The number of rotatable bonds is 1. The van der Waals surface area contributed by atoms with Crippen LogP contribution in [0.3, 0.4) is 0 Å². The molecule has 90 valence electrons. The van der Waals surface area contributed by atoms with Crippen LogP contribution < -0.4 is 16.0 Å². The molecule has 6 nitrogen and oxygen atoms in total. The summed E-state index contributed by atoms with van der Waals surface area (Å²) in [7, 11) is 0. The number of hydrogen-bond acceptors (Lipinski definition) is 4. The molecule has 2 saturated heterocycles. The normalized spacial score (nSPS) is 23.5. The van der Waals surface area contributed by atoms with Crippen LogP contribution in [0.2, 0.25) is 0 Å². The minimum Gasteiger partial charge on any atom is -0.399 e. The molecule has 0 aliphatic carbocycles. The lowest BCUT2D eigenvalue weighted by Gasteiger charge is -2.37. The van der Waals surface area contributed by atoms with Gasteiger partial charge in [-0.05, 0) is 6.07 Å². The third-order valence-corrected chi connectivity index (χ3v) is 3.33. The van der Waals surface area contributed by atoms with E-state index in [4.69, 9.17) is 5.73 Å². The highest BCUT2D eigenvalue weighted by Crippen LogP contribution is 2.20. The first-order valence-corrected chi connectivity index (χ1v) is 5.75. The van der Waals surface area contributed by atoms with Crippen molar-refractivity contribution in [3.63, 3.8) is 0 Å². The zero-order valence-electron chi connectivity index (χ0n) is 9.47. The van der Waals surface area contributed by atoms with Gasteiger partial charge in [-0.15, -0.1) is 0 Å². The van der Waals surface area contributed by atoms with Crippen molar-refractivity contribution in [2.75, 3.05) is 36.8 Å². The zero-order valence-corrected chi connectivity index (χ0v) is 9.47. The number of carbonyl (C=O) groups excluding carboxylic acids is 1. The topological polar surface area (TPSA) is 74.5 Å². The van der Waals surface area contributed by atoms with Crippen molar-refractivity contribution < 1.29 is 4.79 Å². The van der Waals surface area contributed by atoms with Crippen LogP contribution in [-0.2, 0) is 0 Å². The van der Waals surface area contributed by atoms with Crippen LogP contribution in [0, 0.1) is 0 Å². The number of aromatic nitrogens is 1. The highest BCUT2D eigenvalue weighted by Gasteiger charge is 2.35. The number of nitrogens with two attached hydrogens (primary N) is 1. The maximum atomic E-state index is 11.5. The quantitative estimate of drug-likeness (QED) is 0.709. The summed E-state index contributed by atoms with van der Waals surface area (Å²) in [5.74, 6) is 0.893. The lowest BCUT2D eigenvalue weighted by atomic mass is 10.2. The van der Waals surface area contributed by atoms with Crippen LogP contribution in [0.25, 0.3) is 0 Å². The predicted molar refractivity (Wildman–Crippen MR) is 64.8 cm³/mol. The molecule has 2 aliphatic rings. The first-order valence-electron chi connectivity index (χ1n) is 5.75. The van der Waals surface area contributed by atoms with Gasteiger partial charge in [0.25, 0.3) is 0 Å². The van der Waals surface area contributed by atoms with E-state index in [1.807, 2.05) is 11.0 Å². The number of nitrogens with zero attached hydrogens (tertiary/aromatic N) is 3. The Hall–Kier alpha value is -1.98. The Labute approximate surface area is 99.4 Å². The largest absolute Gasteiger partial charge is 0.399 e. The molecule has 3 heterocycles. The number of fused-ring (bicyclic) bond motifs is 1. The summed E-state index contributed by atoms with van der Waals surface area (Å²) >= 11 is 0. The molecule has 1 aromatic rings. The van der Waals surface area contributed by atoms with Gasteiger partial charge in [0, 0.05) is 44.1 Å². The van der Waals surface area contributed by atoms with E-state index in [-0.39, 0.29) is 12.1 Å². The smallest absolute Gasteiger partial charge is 0.317 e. The summed E-state index contributed by atoms with van der Waals surface area (Å²) in [5, 5.41) is 2.86. The Balaban J connectivity index is 1.77. The van der Waals surface area contributed by atoms with Crippen molar-refractivity contribution in [1.82, 2.24) is 15.2 Å². The van der Waals surface area contributed by atoms with Gasteiger partial charge in [-0.1, -0.05) is 0 Å². The van der Waals surface area contributed by atoms with Gasteiger partial charge in [-0.3, -0.25) is 0 Å². The van der Waals surface area contributed by atoms with Gasteiger partial charge in [0.05, 0.1) is 6.04 Å². The Morgan fingerprint density at radius 2 is 2.35 bits per heavy atom. The van der Waals surface area contributed by atoms with Crippen LogP contribution in [0.1, 0.15) is 0 Å². The second-order valence-corrected chi connectivity index (χ2v) is 4.43. The Kier molecular flexibility index (Phi) is 2.28. The fourth-order valence-corrected chi connectivity index (χ4v) is 2.42. The molecular formula is C11H15N5O. The van der Waals surface area contributed by atoms with Crippen LogP contribution in [-0.4, -0.2) is 48.1 Å². The SMILES string of the molecule is Nc1ccnc(N2CCN3C(=O)NCC3C2)c1. The van der Waals surface area contributed by atoms with Crippen LogP contribution in [0.5, 0.6) is 0 Å². The van der Waals surface area contributed by atoms with E-state index in [0.717, 1.165) is 37.7 Å². The highest BCUT2D eigenvalue weighted by molar-refractivity contribution is 5.77. The Morgan fingerprint density at radius 1 is 1.47 bits per heavy atom. The summed E-state index contributed by atoms with van der Waals surface area (Å²) in [5.41, 5.74) is 6.47. The first kappa shape index (κ1) is 10.2. The summed E-state index contributed by atoms with van der Waals surface area (Å²) in [6.45, 7) is 3.08. The second-order valence-electron chi connectivity index (χ2n) is 4.43. The second kappa shape index (κ2) is 3.80. The van der Waals surface area contributed by atoms with Crippen LogP contribution in [0.15, 0.2) is 18.3 Å². The molecule has 0 aromatic carbocycles. The molecule has 17 heavy (non-hydrogen) atoms. The summed E-state index contributed by atoms with van der Waals surface area (Å²) in [4.78, 5) is 19.9. The number of piperazine rings is 1. The number of amides is 2. The van der Waals surface area contributed by atoms with E-state index >= 15 is 0 Å². The Morgan fingerprint density at radius 3 is 3.18 bits per heavy atom. The third-order valence-electron chi connectivity index (χ3n) is 3.33. The van der Waals surface area contributed by atoms with Crippen molar-refractivity contribution in [2.45, 2.75) is 6.04 Å². The number of hydrogen-bond donors (Lipinski definition) is 2. The van der Waals surface area contributed by atoms with Crippen molar-refractivity contribution in [3.05, 3.63) is 18.3 Å². The van der Waals surface area contributed by atoms with E-state index in [0.29, 0.717) is 0 Å². The van der Waals surface area contributed by atoms with Gasteiger partial charge in [-0.25, -0.2) is 9.78 Å². The van der Waals surface area contributed by atoms with Crippen molar-refractivity contribution >= 4 is 17.5 Å². The molecule has 1 atom stereocenters. The van der Waals surface area contributed by atoms with Gasteiger partial charge >= 0.3 is 6.03 Å². The van der Waals surface area contributed by atoms with E-state index in [1.54, 1.807) is 12.3 Å². The highest BCUT2D eigenvalue weighted by atomic mass is 16.2. The van der Waals surface area contributed by atoms with Crippen molar-refractivity contribution in [1.29, 1.82) is 0 Å². The summed E-state index contributed by atoms with van der Waals surface area (Å²) < 4.78 is 0. The number of pyridine rings is 1. The number of urea groups is 1. The third kappa shape index (κ3) is 1.75. The molecule has 3 rings (SSSR count). The minimum absolute atomic E-state index is 0.0511. The fraction of sp³-hybridized carbons (Fsp3) is 0.455. The number of carbonyl (C=O) groups is 1. The molecule has 1 aromatic heterocycles. The minimum atomic E-state index is 0.0511. The molecule has 2 amide bonds. The molecule has 0 saturated carbocycles. The molecular weight excluding hydrogens is 218 g/mol. The maximum absolute atomic E-state index is 11.5. The molecule has 3 N–H and O–H groups in total. The van der Waals surface area contributed by atoms with E-state index in [2.05, 4.69) is 15.2 Å². The lowest BCUT2D eigenvalue weighted by molar-refractivity contribution is 0.197. The fourth-order valence-electron chi connectivity index (χ4n) is 2.42. The Bertz CT molecular complexity index is 449. The molecule has 6 heteroatoms. The van der Waals surface area contributed by atoms with Crippen molar-refractivity contribution in [3.8, 4) is 0 Å². The van der Waals surface area contributed by atoms with Crippen LogP contribution in [0.4, 0.5) is 16.3 Å². The van der Waals surface area contributed by atoms with Gasteiger partial charge in [-0.2, -0.15) is 0 Å². The van der Waals surface area contributed by atoms with E-state index in [9.17, 15) is 4.79 Å². The molecule has 0 radical (unpaired) electrons. The van der Waals surface area contributed by atoms with Crippen molar-refractivity contribution in [2.24, 2.45) is 0 Å². The lowest BCUT2D eigenvalue weighted by Crippen LogP contribution is -2.52. The standard InChI is InChI=1S/C11H15N5O/c12-8-1-2-13-10(5-8)15-3-4-16-9(7-15)6-14-11(16)17/h1-2,5,9H,3-4,6-7H2,(H2,12,13)(H,14,17). The molecule has 0 spiro atoms. The van der Waals surface area contributed by atoms with E-state index in [1.165, 1.54) is 0 Å². The monoisotopic (exact) mass is 233 g/mol. The van der Waals surface area contributed by atoms with Crippen LogP contribution >= 0.6 is 0 Å². The molecule has 1 unspecified atom stereocenters. The van der Waals surface area contributed by atoms with Gasteiger partial charge in [0.2, 0.25) is 0 Å². The molecule has 2 aliphatic heterocycles. The van der Waals surface area contributed by atoms with Gasteiger partial charge in [0.1, 0.15) is 5.82 Å². The van der Waals surface area contributed by atoms with E-state index < -0.39 is 0 Å². The zero-order chi connectivity index (χ0) is 11.8.